The number of piperazine rings is 1. The number of hydrogen-bond acceptors (Lipinski definition) is 3. The zero-order chi connectivity index (χ0) is 10.6. The van der Waals surface area contributed by atoms with Crippen LogP contribution in [-0.4, -0.2) is 54.8 Å². The van der Waals surface area contributed by atoms with E-state index in [1.807, 2.05) is 7.05 Å². The number of amides is 2. The number of primary amides is 1. The summed E-state index contributed by atoms with van der Waals surface area (Å²) in [6, 6.07) is 0. The Kier molecular flexibility index (Phi) is 3.88. The maximum absolute atomic E-state index is 11.5. The van der Waals surface area contributed by atoms with Crippen molar-refractivity contribution in [3.8, 4) is 0 Å². The predicted octanol–water partition coefficient (Wildman–Crippen LogP) is -0.974. The number of carbonyl (C=O) groups is 2. The van der Waals surface area contributed by atoms with Gasteiger partial charge in [0.1, 0.15) is 0 Å². The summed E-state index contributed by atoms with van der Waals surface area (Å²) in [4.78, 5) is 26.0. The first kappa shape index (κ1) is 11.0. The molecule has 0 unspecified atom stereocenters. The topological polar surface area (TPSA) is 66.6 Å². The molecule has 0 aromatic heterocycles. The van der Waals surface area contributed by atoms with Gasteiger partial charge < -0.3 is 15.5 Å². The van der Waals surface area contributed by atoms with Crippen molar-refractivity contribution in [1.29, 1.82) is 0 Å². The van der Waals surface area contributed by atoms with Crippen LogP contribution in [0.3, 0.4) is 0 Å². The molecule has 0 saturated carbocycles. The number of nitrogens with zero attached hydrogens (tertiary/aromatic N) is 2. The highest BCUT2D eigenvalue weighted by atomic mass is 16.2. The summed E-state index contributed by atoms with van der Waals surface area (Å²) in [7, 11) is 2.03. The molecule has 0 bridgehead atoms. The van der Waals surface area contributed by atoms with Crippen LogP contribution in [-0.2, 0) is 9.59 Å². The summed E-state index contributed by atoms with van der Waals surface area (Å²) in [6.07, 6.45) is 0.407. The summed E-state index contributed by atoms with van der Waals surface area (Å²) in [5.74, 6) is -0.371. The maximum atomic E-state index is 11.5. The zero-order valence-electron chi connectivity index (χ0n) is 8.53. The van der Waals surface area contributed by atoms with E-state index in [0.29, 0.717) is 0 Å². The van der Waals surface area contributed by atoms with Gasteiger partial charge in [-0.2, -0.15) is 0 Å². The normalized spacial score (nSPS) is 18.2. The quantitative estimate of drug-likeness (QED) is 0.635. The van der Waals surface area contributed by atoms with E-state index in [1.54, 1.807) is 4.90 Å². The van der Waals surface area contributed by atoms with Crippen LogP contribution in [0.2, 0.25) is 0 Å². The van der Waals surface area contributed by atoms with Gasteiger partial charge >= 0.3 is 0 Å². The van der Waals surface area contributed by atoms with Crippen molar-refractivity contribution in [3.05, 3.63) is 0 Å². The highest BCUT2D eigenvalue weighted by Crippen LogP contribution is 2.03. The summed E-state index contributed by atoms with van der Waals surface area (Å²) >= 11 is 0. The Balaban J connectivity index is 2.27. The van der Waals surface area contributed by atoms with Gasteiger partial charge in [-0.1, -0.05) is 0 Å². The van der Waals surface area contributed by atoms with Crippen LogP contribution in [0.25, 0.3) is 0 Å². The Labute approximate surface area is 83.8 Å². The van der Waals surface area contributed by atoms with Gasteiger partial charge in [0.25, 0.3) is 0 Å². The molecule has 2 amide bonds. The summed E-state index contributed by atoms with van der Waals surface area (Å²) in [5, 5.41) is 0. The highest BCUT2D eigenvalue weighted by molar-refractivity contribution is 5.82. The monoisotopic (exact) mass is 199 g/mol. The molecule has 14 heavy (non-hydrogen) atoms. The Hall–Kier alpha value is -1.10. The number of carbonyl (C=O) groups excluding carboxylic acids is 2. The maximum Gasteiger partial charge on any atom is 0.223 e. The molecule has 0 radical (unpaired) electrons. The van der Waals surface area contributed by atoms with Crippen molar-refractivity contribution in [2.24, 2.45) is 5.73 Å². The lowest BCUT2D eigenvalue weighted by molar-refractivity contribution is -0.134. The molecule has 1 heterocycles. The van der Waals surface area contributed by atoms with Gasteiger partial charge in [0, 0.05) is 39.0 Å². The zero-order valence-corrected chi connectivity index (χ0v) is 8.53. The summed E-state index contributed by atoms with van der Waals surface area (Å²) in [6.45, 7) is 3.33. The van der Waals surface area contributed by atoms with E-state index >= 15 is 0 Å². The van der Waals surface area contributed by atoms with E-state index in [1.165, 1.54) is 0 Å². The van der Waals surface area contributed by atoms with Gasteiger partial charge in [-0.25, -0.2) is 0 Å². The van der Waals surface area contributed by atoms with Crippen LogP contribution in [0.5, 0.6) is 0 Å². The second kappa shape index (κ2) is 4.95. The van der Waals surface area contributed by atoms with Gasteiger partial charge in [0.05, 0.1) is 0 Å². The third-order valence-corrected chi connectivity index (χ3v) is 2.44. The average molecular weight is 199 g/mol. The summed E-state index contributed by atoms with van der Waals surface area (Å²) in [5.41, 5.74) is 4.97. The summed E-state index contributed by atoms with van der Waals surface area (Å²) < 4.78 is 0. The molecule has 0 aromatic carbocycles. The molecule has 1 fully saturated rings. The van der Waals surface area contributed by atoms with Crippen molar-refractivity contribution < 1.29 is 9.59 Å². The molecule has 80 valence electrons. The third kappa shape index (κ3) is 3.33. The van der Waals surface area contributed by atoms with Crippen LogP contribution in [0.15, 0.2) is 0 Å². The van der Waals surface area contributed by atoms with Crippen molar-refractivity contribution >= 4 is 11.8 Å². The minimum Gasteiger partial charge on any atom is -0.370 e. The average Bonchev–Trinajstić information content (AvgIpc) is 2.15. The molecule has 1 saturated heterocycles. The van der Waals surface area contributed by atoms with E-state index in [0.717, 1.165) is 26.2 Å². The van der Waals surface area contributed by atoms with Gasteiger partial charge in [0.15, 0.2) is 0 Å². The molecule has 1 rings (SSSR count). The molecule has 5 nitrogen and oxygen atoms in total. The fourth-order valence-electron chi connectivity index (χ4n) is 1.44. The van der Waals surface area contributed by atoms with Crippen LogP contribution in [0, 0.1) is 0 Å². The SMILES string of the molecule is CN1CCN(C(=O)CCC(N)=O)CC1. The fourth-order valence-corrected chi connectivity index (χ4v) is 1.44. The molecule has 1 aliphatic heterocycles. The van der Waals surface area contributed by atoms with Crippen molar-refractivity contribution in [2.45, 2.75) is 12.8 Å². The Morgan fingerprint density at radius 1 is 1.14 bits per heavy atom. The number of likely N-dealkylation sites (N-methyl/N-ethyl adjacent to an activating group) is 1. The second-order valence-electron chi connectivity index (χ2n) is 3.65. The Morgan fingerprint density at radius 3 is 2.21 bits per heavy atom. The minimum absolute atomic E-state index is 0.0388. The van der Waals surface area contributed by atoms with Gasteiger partial charge in [-0.15, -0.1) is 0 Å². The first-order chi connectivity index (χ1) is 6.59. The van der Waals surface area contributed by atoms with Crippen molar-refractivity contribution in [2.75, 3.05) is 33.2 Å². The lowest BCUT2D eigenvalue weighted by Gasteiger charge is -2.32. The number of rotatable bonds is 3. The van der Waals surface area contributed by atoms with Crippen LogP contribution < -0.4 is 5.73 Å². The van der Waals surface area contributed by atoms with Crippen molar-refractivity contribution in [3.63, 3.8) is 0 Å². The third-order valence-electron chi connectivity index (χ3n) is 2.44. The lowest BCUT2D eigenvalue weighted by atomic mass is 10.2. The Bertz CT molecular complexity index is 222. The van der Waals surface area contributed by atoms with E-state index in [-0.39, 0.29) is 18.7 Å². The molecular formula is C9H17N3O2. The van der Waals surface area contributed by atoms with Crippen LogP contribution in [0.4, 0.5) is 0 Å². The Morgan fingerprint density at radius 2 is 1.71 bits per heavy atom. The lowest BCUT2D eigenvalue weighted by Crippen LogP contribution is -2.47. The first-order valence-electron chi connectivity index (χ1n) is 4.84. The fraction of sp³-hybridized carbons (Fsp3) is 0.778. The molecule has 2 N–H and O–H groups in total. The standard InChI is InChI=1S/C9H17N3O2/c1-11-4-6-12(7-5-11)9(14)3-2-8(10)13/h2-7H2,1H3,(H2,10,13). The molecule has 0 atom stereocenters. The molecule has 0 spiro atoms. The number of hydrogen-bond donors (Lipinski definition) is 1. The van der Waals surface area contributed by atoms with E-state index in [2.05, 4.69) is 4.90 Å². The molecular weight excluding hydrogens is 182 g/mol. The smallest absolute Gasteiger partial charge is 0.223 e. The van der Waals surface area contributed by atoms with Crippen LogP contribution in [0.1, 0.15) is 12.8 Å². The van der Waals surface area contributed by atoms with Gasteiger partial charge in [-0.3, -0.25) is 9.59 Å². The van der Waals surface area contributed by atoms with E-state index in [4.69, 9.17) is 5.73 Å². The minimum atomic E-state index is -0.410. The van der Waals surface area contributed by atoms with Crippen LogP contribution >= 0.6 is 0 Å². The van der Waals surface area contributed by atoms with Gasteiger partial charge in [0.2, 0.25) is 11.8 Å². The second-order valence-corrected chi connectivity index (χ2v) is 3.65. The molecule has 0 aromatic rings. The number of nitrogens with two attached hydrogens (primary N) is 1. The highest BCUT2D eigenvalue weighted by Gasteiger charge is 2.18. The molecule has 0 aliphatic carbocycles. The van der Waals surface area contributed by atoms with Crippen molar-refractivity contribution in [1.82, 2.24) is 9.80 Å². The largest absolute Gasteiger partial charge is 0.370 e. The van der Waals surface area contributed by atoms with E-state index in [9.17, 15) is 9.59 Å². The molecule has 5 heteroatoms. The van der Waals surface area contributed by atoms with E-state index < -0.39 is 5.91 Å². The molecule has 1 aliphatic rings. The van der Waals surface area contributed by atoms with Gasteiger partial charge in [-0.05, 0) is 7.05 Å². The predicted molar refractivity (Wildman–Crippen MR) is 52.5 cm³/mol. The first-order valence-corrected chi connectivity index (χ1v) is 4.84.